The molecule has 0 radical (unpaired) electrons. The summed E-state index contributed by atoms with van der Waals surface area (Å²) in [5.41, 5.74) is 3.51. The fourth-order valence-electron chi connectivity index (χ4n) is 2.61. The SMILES string of the molecule is Cc1cc2cn[nH]c2cc1N1CCCC(O)C1.Cl. The van der Waals surface area contributed by atoms with Gasteiger partial charge in [0.1, 0.15) is 0 Å². The Labute approximate surface area is 112 Å². The van der Waals surface area contributed by atoms with Crippen LogP contribution < -0.4 is 4.90 Å². The van der Waals surface area contributed by atoms with Gasteiger partial charge in [-0.2, -0.15) is 5.10 Å². The van der Waals surface area contributed by atoms with E-state index in [9.17, 15) is 5.11 Å². The summed E-state index contributed by atoms with van der Waals surface area (Å²) >= 11 is 0. The topological polar surface area (TPSA) is 52.2 Å². The summed E-state index contributed by atoms with van der Waals surface area (Å²) in [5.74, 6) is 0. The van der Waals surface area contributed by atoms with E-state index in [4.69, 9.17) is 0 Å². The van der Waals surface area contributed by atoms with Gasteiger partial charge in [-0.1, -0.05) is 0 Å². The molecule has 18 heavy (non-hydrogen) atoms. The molecule has 2 aromatic rings. The molecule has 0 amide bonds. The third-order valence-electron chi connectivity index (χ3n) is 3.49. The van der Waals surface area contributed by atoms with Crippen LogP contribution in [0.5, 0.6) is 0 Å². The number of hydrogen-bond donors (Lipinski definition) is 2. The number of anilines is 1. The summed E-state index contributed by atoms with van der Waals surface area (Å²) in [4.78, 5) is 2.27. The Morgan fingerprint density at radius 2 is 2.28 bits per heavy atom. The summed E-state index contributed by atoms with van der Waals surface area (Å²) in [6.45, 7) is 3.88. The fourth-order valence-corrected chi connectivity index (χ4v) is 2.61. The Morgan fingerprint density at radius 3 is 3.06 bits per heavy atom. The largest absolute Gasteiger partial charge is 0.391 e. The van der Waals surface area contributed by atoms with Crippen LogP contribution in [0.15, 0.2) is 18.3 Å². The van der Waals surface area contributed by atoms with Crippen LogP contribution in [-0.2, 0) is 0 Å². The van der Waals surface area contributed by atoms with Crippen molar-refractivity contribution >= 4 is 29.0 Å². The molecular formula is C13H18ClN3O. The highest BCUT2D eigenvalue weighted by molar-refractivity contribution is 5.85. The van der Waals surface area contributed by atoms with Gasteiger partial charge in [0, 0.05) is 24.2 Å². The van der Waals surface area contributed by atoms with Gasteiger partial charge in [-0.3, -0.25) is 5.10 Å². The minimum atomic E-state index is -0.194. The van der Waals surface area contributed by atoms with E-state index in [1.807, 2.05) is 6.20 Å². The van der Waals surface area contributed by atoms with Gasteiger partial charge in [-0.05, 0) is 37.5 Å². The van der Waals surface area contributed by atoms with Crippen molar-refractivity contribution in [2.45, 2.75) is 25.9 Å². The molecule has 0 saturated carbocycles. The number of halogens is 1. The van der Waals surface area contributed by atoms with Gasteiger partial charge in [-0.25, -0.2) is 0 Å². The first-order chi connectivity index (χ1) is 8.24. The van der Waals surface area contributed by atoms with Gasteiger partial charge in [0.2, 0.25) is 0 Å². The summed E-state index contributed by atoms with van der Waals surface area (Å²) in [7, 11) is 0. The van der Waals surface area contributed by atoms with Crippen molar-refractivity contribution in [3.63, 3.8) is 0 Å². The quantitative estimate of drug-likeness (QED) is 0.833. The number of hydrogen-bond acceptors (Lipinski definition) is 3. The van der Waals surface area contributed by atoms with Gasteiger partial charge < -0.3 is 10.0 Å². The number of aliphatic hydroxyl groups is 1. The molecular weight excluding hydrogens is 250 g/mol. The van der Waals surface area contributed by atoms with Crippen LogP contribution in [0.4, 0.5) is 5.69 Å². The maximum Gasteiger partial charge on any atom is 0.0715 e. The number of β-amino-alcohol motifs (C(OH)–C–C–N with tert-alkyl or cyclic N) is 1. The minimum Gasteiger partial charge on any atom is -0.391 e. The first-order valence-electron chi connectivity index (χ1n) is 6.11. The highest BCUT2D eigenvalue weighted by Crippen LogP contribution is 2.27. The van der Waals surface area contributed by atoms with Crippen molar-refractivity contribution in [1.82, 2.24) is 10.2 Å². The van der Waals surface area contributed by atoms with E-state index in [0.29, 0.717) is 0 Å². The summed E-state index contributed by atoms with van der Waals surface area (Å²) in [5, 5.41) is 17.9. The average Bonchev–Trinajstić information content (AvgIpc) is 2.75. The number of aliphatic hydroxyl groups excluding tert-OH is 1. The van der Waals surface area contributed by atoms with Crippen LogP contribution in [0.3, 0.4) is 0 Å². The van der Waals surface area contributed by atoms with Crippen LogP contribution in [0.1, 0.15) is 18.4 Å². The monoisotopic (exact) mass is 267 g/mol. The van der Waals surface area contributed by atoms with Crippen LogP contribution in [0.2, 0.25) is 0 Å². The molecule has 1 aliphatic rings. The molecule has 1 atom stereocenters. The normalized spacial score (nSPS) is 19.9. The number of aromatic nitrogens is 2. The summed E-state index contributed by atoms with van der Waals surface area (Å²) in [6, 6.07) is 4.28. The standard InChI is InChI=1S/C13H17N3O.ClH/c1-9-5-10-7-14-15-12(10)6-13(9)16-4-2-3-11(17)8-16;/h5-7,11,17H,2-4,8H2,1H3,(H,14,15);1H. The molecule has 1 aromatic carbocycles. The molecule has 0 bridgehead atoms. The highest BCUT2D eigenvalue weighted by Gasteiger charge is 2.19. The predicted octanol–water partition coefficient (Wildman–Crippen LogP) is 2.25. The van der Waals surface area contributed by atoms with E-state index >= 15 is 0 Å². The Balaban J connectivity index is 0.00000120. The number of piperidine rings is 1. The molecule has 5 heteroatoms. The third kappa shape index (κ3) is 2.31. The van der Waals surface area contributed by atoms with Crippen LogP contribution in [0, 0.1) is 6.92 Å². The van der Waals surface area contributed by atoms with Crippen molar-refractivity contribution < 1.29 is 5.11 Å². The van der Waals surface area contributed by atoms with Crippen molar-refractivity contribution in [3.05, 3.63) is 23.9 Å². The second kappa shape index (κ2) is 5.16. The molecule has 0 spiro atoms. The van der Waals surface area contributed by atoms with Crippen molar-refractivity contribution in [3.8, 4) is 0 Å². The summed E-state index contributed by atoms with van der Waals surface area (Å²) in [6.07, 6.45) is 3.63. The highest BCUT2D eigenvalue weighted by atomic mass is 35.5. The second-order valence-electron chi connectivity index (χ2n) is 4.84. The van der Waals surface area contributed by atoms with Gasteiger partial charge in [0.15, 0.2) is 0 Å². The third-order valence-corrected chi connectivity index (χ3v) is 3.49. The lowest BCUT2D eigenvalue weighted by Crippen LogP contribution is -2.38. The van der Waals surface area contributed by atoms with Crippen LogP contribution in [0.25, 0.3) is 10.9 Å². The molecule has 2 heterocycles. The number of rotatable bonds is 1. The molecule has 1 unspecified atom stereocenters. The lowest BCUT2D eigenvalue weighted by molar-refractivity contribution is 0.154. The molecule has 2 N–H and O–H groups in total. The first kappa shape index (κ1) is 13.2. The number of benzene rings is 1. The molecule has 1 saturated heterocycles. The molecule has 3 rings (SSSR count). The molecule has 1 fully saturated rings. The Bertz CT molecular complexity index is 540. The molecule has 4 nitrogen and oxygen atoms in total. The predicted molar refractivity (Wildman–Crippen MR) is 75.5 cm³/mol. The van der Waals surface area contributed by atoms with E-state index in [1.54, 1.807) is 0 Å². The van der Waals surface area contributed by atoms with Gasteiger partial charge >= 0.3 is 0 Å². The number of fused-ring (bicyclic) bond motifs is 1. The van der Waals surface area contributed by atoms with Crippen molar-refractivity contribution in [2.75, 3.05) is 18.0 Å². The number of nitrogens with one attached hydrogen (secondary N) is 1. The molecule has 98 valence electrons. The zero-order valence-corrected chi connectivity index (χ0v) is 11.2. The first-order valence-corrected chi connectivity index (χ1v) is 6.11. The average molecular weight is 268 g/mol. The fraction of sp³-hybridized carbons (Fsp3) is 0.462. The van der Waals surface area contributed by atoms with Gasteiger partial charge in [0.05, 0.1) is 17.8 Å². The number of aromatic amines is 1. The Hall–Kier alpha value is -1.26. The van der Waals surface area contributed by atoms with E-state index < -0.39 is 0 Å². The maximum atomic E-state index is 9.74. The number of aryl methyl sites for hydroxylation is 1. The van der Waals surface area contributed by atoms with E-state index in [1.165, 1.54) is 11.3 Å². The smallest absolute Gasteiger partial charge is 0.0715 e. The van der Waals surface area contributed by atoms with Crippen LogP contribution in [-0.4, -0.2) is 34.5 Å². The van der Waals surface area contributed by atoms with Gasteiger partial charge in [0.25, 0.3) is 0 Å². The Morgan fingerprint density at radius 1 is 1.44 bits per heavy atom. The second-order valence-corrected chi connectivity index (χ2v) is 4.84. The Kier molecular flexibility index (Phi) is 3.78. The summed E-state index contributed by atoms with van der Waals surface area (Å²) < 4.78 is 0. The molecule has 1 aliphatic heterocycles. The number of H-pyrrole nitrogens is 1. The zero-order valence-electron chi connectivity index (χ0n) is 10.4. The van der Waals surface area contributed by atoms with Crippen molar-refractivity contribution in [1.29, 1.82) is 0 Å². The lowest BCUT2D eigenvalue weighted by atomic mass is 10.0. The minimum absolute atomic E-state index is 0. The lowest BCUT2D eigenvalue weighted by Gasteiger charge is -2.33. The molecule has 1 aromatic heterocycles. The van der Waals surface area contributed by atoms with E-state index in [-0.39, 0.29) is 18.5 Å². The van der Waals surface area contributed by atoms with Crippen LogP contribution >= 0.6 is 12.4 Å². The van der Waals surface area contributed by atoms with E-state index in [2.05, 4.69) is 34.2 Å². The molecule has 0 aliphatic carbocycles. The zero-order chi connectivity index (χ0) is 11.8. The van der Waals surface area contributed by atoms with Gasteiger partial charge in [-0.15, -0.1) is 12.4 Å². The van der Waals surface area contributed by atoms with E-state index in [0.717, 1.165) is 36.8 Å². The van der Waals surface area contributed by atoms with Crippen molar-refractivity contribution in [2.24, 2.45) is 0 Å². The maximum absolute atomic E-state index is 9.74. The number of nitrogens with zero attached hydrogens (tertiary/aromatic N) is 2.